The first kappa shape index (κ1) is 12.5. The first-order valence-corrected chi connectivity index (χ1v) is 5.78. The number of carbonyl (C=O) groups excluding carboxylic acids is 2. The molecule has 0 bridgehead atoms. The summed E-state index contributed by atoms with van der Waals surface area (Å²) in [7, 11) is 0. The standard InChI is InChI=1S/C14H14FNO2/c1-3-4-10-7-13(17)16(14(10)18)11-6-5-9(2)12(15)8-11/h3,5-6,8,10H,1,4,7H2,2H3/t10-/m0/s1. The second-order valence-corrected chi connectivity index (χ2v) is 4.43. The van der Waals surface area contributed by atoms with Crippen molar-refractivity contribution in [2.24, 2.45) is 5.92 Å². The summed E-state index contributed by atoms with van der Waals surface area (Å²) in [5.41, 5.74) is 0.792. The highest BCUT2D eigenvalue weighted by Crippen LogP contribution is 2.29. The number of halogens is 1. The molecule has 0 spiro atoms. The van der Waals surface area contributed by atoms with Gasteiger partial charge in [0.15, 0.2) is 0 Å². The topological polar surface area (TPSA) is 37.4 Å². The van der Waals surface area contributed by atoms with Crippen molar-refractivity contribution >= 4 is 17.5 Å². The SMILES string of the molecule is C=CC[C@H]1CC(=O)N(c2ccc(C)c(F)c2)C1=O. The molecular weight excluding hydrogens is 233 g/mol. The minimum absolute atomic E-state index is 0.167. The highest BCUT2D eigenvalue weighted by Gasteiger charge is 2.38. The van der Waals surface area contributed by atoms with Gasteiger partial charge in [-0.3, -0.25) is 14.5 Å². The molecule has 94 valence electrons. The molecule has 0 radical (unpaired) electrons. The molecule has 0 unspecified atom stereocenters. The van der Waals surface area contributed by atoms with Gasteiger partial charge in [0.1, 0.15) is 5.82 Å². The minimum Gasteiger partial charge on any atom is -0.274 e. The Labute approximate surface area is 105 Å². The van der Waals surface area contributed by atoms with E-state index in [2.05, 4.69) is 6.58 Å². The summed E-state index contributed by atoms with van der Waals surface area (Å²) >= 11 is 0. The van der Waals surface area contributed by atoms with Crippen molar-refractivity contribution in [2.75, 3.05) is 4.90 Å². The Hall–Kier alpha value is -1.97. The first-order valence-electron chi connectivity index (χ1n) is 5.78. The molecule has 18 heavy (non-hydrogen) atoms. The molecule has 4 heteroatoms. The number of aryl methyl sites for hydroxylation is 1. The second-order valence-electron chi connectivity index (χ2n) is 4.43. The fraction of sp³-hybridized carbons (Fsp3) is 0.286. The third kappa shape index (κ3) is 2.06. The quantitative estimate of drug-likeness (QED) is 0.608. The van der Waals surface area contributed by atoms with Gasteiger partial charge in [0.25, 0.3) is 0 Å². The molecule has 1 fully saturated rings. The van der Waals surface area contributed by atoms with E-state index in [4.69, 9.17) is 0 Å². The molecule has 1 aromatic carbocycles. The van der Waals surface area contributed by atoms with Crippen molar-refractivity contribution < 1.29 is 14.0 Å². The van der Waals surface area contributed by atoms with Crippen molar-refractivity contribution in [3.05, 3.63) is 42.2 Å². The van der Waals surface area contributed by atoms with Crippen LogP contribution < -0.4 is 4.90 Å². The summed E-state index contributed by atoms with van der Waals surface area (Å²) in [6.07, 6.45) is 2.25. The largest absolute Gasteiger partial charge is 0.274 e. The number of hydrogen-bond acceptors (Lipinski definition) is 2. The van der Waals surface area contributed by atoms with Gasteiger partial charge in [-0.1, -0.05) is 12.1 Å². The van der Waals surface area contributed by atoms with Crippen LogP contribution in [0.2, 0.25) is 0 Å². The predicted molar refractivity (Wildman–Crippen MR) is 66.6 cm³/mol. The Morgan fingerprint density at radius 2 is 2.22 bits per heavy atom. The molecule has 0 aromatic heterocycles. The molecule has 0 N–H and O–H groups in total. The van der Waals surface area contributed by atoms with Gasteiger partial charge < -0.3 is 0 Å². The molecule has 1 aliphatic rings. The van der Waals surface area contributed by atoms with Gasteiger partial charge in [-0.25, -0.2) is 4.39 Å². The molecule has 2 rings (SSSR count). The summed E-state index contributed by atoms with van der Waals surface area (Å²) in [5.74, 6) is -1.34. The lowest BCUT2D eigenvalue weighted by Crippen LogP contribution is -2.30. The van der Waals surface area contributed by atoms with E-state index in [-0.39, 0.29) is 24.2 Å². The highest BCUT2D eigenvalue weighted by atomic mass is 19.1. The number of nitrogens with zero attached hydrogens (tertiary/aromatic N) is 1. The number of hydrogen-bond donors (Lipinski definition) is 0. The van der Waals surface area contributed by atoms with Gasteiger partial charge >= 0.3 is 0 Å². The number of imide groups is 1. The minimum atomic E-state index is -0.416. The van der Waals surface area contributed by atoms with E-state index >= 15 is 0 Å². The van der Waals surface area contributed by atoms with Crippen LogP contribution in [-0.4, -0.2) is 11.8 Å². The maximum Gasteiger partial charge on any atom is 0.237 e. The van der Waals surface area contributed by atoms with Gasteiger partial charge in [0, 0.05) is 6.42 Å². The van der Waals surface area contributed by atoms with E-state index < -0.39 is 5.82 Å². The molecule has 1 aromatic rings. The van der Waals surface area contributed by atoms with Crippen molar-refractivity contribution in [3.8, 4) is 0 Å². The molecule has 1 atom stereocenters. The van der Waals surface area contributed by atoms with Gasteiger partial charge in [0.05, 0.1) is 11.6 Å². The van der Waals surface area contributed by atoms with Crippen molar-refractivity contribution in [1.82, 2.24) is 0 Å². The van der Waals surface area contributed by atoms with E-state index in [1.807, 2.05) is 0 Å². The van der Waals surface area contributed by atoms with Crippen LogP contribution in [0.15, 0.2) is 30.9 Å². The lowest BCUT2D eigenvalue weighted by molar-refractivity contribution is -0.122. The number of allylic oxidation sites excluding steroid dienone is 1. The summed E-state index contributed by atoms with van der Waals surface area (Å²) in [6, 6.07) is 4.37. The fourth-order valence-electron chi connectivity index (χ4n) is 2.07. The van der Waals surface area contributed by atoms with Crippen LogP contribution in [0.25, 0.3) is 0 Å². The van der Waals surface area contributed by atoms with E-state index in [0.29, 0.717) is 17.7 Å². The van der Waals surface area contributed by atoms with E-state index in [1.165, 1.54) is 6.07 Å². The van der Waals surface area contributed by atoms with Gasteiger partial charge in [-0.15, -0.1) is 6.58 Å². The molecule has 0 aliphatic carbocycles. The predicted octanol–water partition coefficient (Wildman–Crippen LogP) is 2.59. The summed E-state index contributed by atoms with van der Waals surface area (Å²) in [5, 5.41) is 0. The Balaban J connectivity index is 2.32. The normalized spacial score (nSPS) is 19.4. The van der Waals surface area contributed by atoms with E-state index in [0.717, 1.165) is 4.90 Å². The molecule has 2 amide bonds. The second kappa shape index (κ2) is 4.72. The summed E-state index contributed by atoms with van der Waals surface area (Å²) in [6.45, 7) is 5.20. The van der Waals surface area contributed by atoms with E-state index in [1.54, 1.807) is 25.1 Å². The maximum absolute atomic E-state index is 13.5. The molecular formula is C14H14FNO2. The monoisotopic (exact) mass is 247 g/mol. The number of anilines is 1. The average Bonchev–Trinajstić information content (AvgIpc) is 2.59. The van der Waals surface area contributed by atoms with Crippen LogP contribution in [-0.2, 0) is 9.59 Å². The Morgan fingerprint density at radius 3 is 2.83 bits per heavy atom. The lowest BCUT2D eigenvalue weighted by Gasteiger charge is -2.15. The molecule has 0 saturated carbocycles. The van der Waals surface area contributed by atoms with Crippen LogP contribution >= 0.6 is 0 Å². The van der Waals surface area contributed by atoms with Crippen LogP contribution in [0.4, 0.5) is 10.1 Å². The fourth-order valence-corrected chi connectivity index (χ4v) is 2.07. The molecule has 1 aliphatic heterocycles. The van der Waals surface area contributed by atoms with Crippen LogP contribution in [0, 0.1) is 18.7 Å². The molecule has 1 saturated heterocycles. The lowest BCUT2D eigenvalue weighted by atomic mass is 10.0. The number of rotatable bonds is 3. The van der Waals surface area contributed by atoms with E-state index in [9.17, 15) is 14.0 Å². The maximum atomic E-state index is 13.5. The third-order valence-corrected chi connectivity index (χ3v) is 3.10. The van der Waals surface area contributed by atoms with Crippen LogP contribution in [0.1, 0.15) is 18.4 Å². The van der Waals surface area contributed by atoms with Crippen molar-refractivity contribution in [1.29, 1.82) is 0 Å². The Morgan fingerprint density at radius 1 is 1.50 bits per heavy atom. The van der Waals surface area contributed by atoms with Crippen LogP contribution in [0.5, 0.6) is 0 Å². The number of carbonyl (C=O) groups is 2. The Kier molecular flexibility index (Phi) is 3.28. The summed E-state index contributed by atoms with van der Waals surface area (Å²) in [4.78, 5) is 24.9. The Bertz CT molecular complexity index is 525. The summed E-state index contributed by atoms with van der Waals surface area (Å²) < 4.78 is 13.5. The van der Waals surface area contributed by atoms with Crippen molar-refractivity contribution in [2.45, 2.75) is 19.8 Å². The van der Waals surface area contributed by atoms with Gasteiger partial charge in [-0.2, -0.15) is 0 Å². The zero-order valence-electron chi connectivity index (χ0n) is 10.1. The first-order chi connectivity index (χ1) is 8.54. The van der Waals surface area contributed by atoms with Gasteiger partial charge in [-0.05, 0) is 31.0 Å². The molecule has 1 heterocycles. The third-order valence-electron chi connectivity index (χ3n) is 3.10. The highest BCUT2D eigenvalue weighted by molar-refractivity contribution is 6.20. The number of amides is 2. The zero-order chi connectivity index (χ0) is 13.3. The van der Waals surface area contributed by atoms with Gasteiger partial charge in [0.2, 0.25) is 11.8 Å². The van der Waals surface area contributed by atoms with Crippen LogP contribution in [0.3, 0.4) is 0 Å². The average molecular weight is 247 g/mol. The van der Waals surface area contributed by atoms with Crippen molar-refractivity contribution in [3.63, 3.8) is 0 Å². The smallest absolute Gasteiger partial charge is 0.237 e. The molecule has 3 nitrogen and oxygen atoms in total. The number of benzene rings is 1. The zero-order valence-corrected chi connectivity index (χ0v) is 10.1.